The normalized spacial score (nSPS) is 15.6. The highest BCUT2D eigenvalue weighted by atomic mass is 79.9. The molecule has 0 aromatic carbocycles. The quantitative estimate of drug-likeness (QED) is 0.813. The molecular formula is C14H21BrN4O2. The molecule has 3 N–H and O–H groups in total. The highest BCUT2D eigenvalue weighted by molar-refractivity contribution is 9.10. The van der Waals surface area contributed by atoms with E-state index in [-0.39, 0.29) is 12.0 Å². The summed E-state index contributed by atoms with van der Waals surface area (Å²) >= 11 is 3.34. The van der Waals surface area contributed by atoms with Crippen LogP contribution in [-0.4, -0.2) is 21.2 Å². The Hall–Kier alpha value is -1.37. The molecule has 0 aliphatic heterocycles. The molecule has 7 heteroatoms. The Labute approximate surface area is 132 Å². The molecule has 1 fully saturated rings. The molecular weight excluding hydrogens is 336 g/mol. The van der Waals surface area contributed by atoms with Crippen LogP contribution in [0, 0.1) is 5.92 Å². The van der Waals surface area contributed by atoms with Crippen molar-refractivity contribution < 1.29 is 4.79 Å². The van der Waals surface area contributed by atoms with Crippen LogP contribution in [-0.2, 0) is 11.3 Å². The molecule has 116 valence electrons. The van der Waals surface area contributed by atoms with E-state index < -0.39 is 11.4 Å². The van der Waals surface area contributed by atoms with E-state index in [1.54, 1.807) is 6.20 Å². The largest absolute Gasteiger partial charge is 0.374 e. The third-order valence-corrected chi connectivity index (χ3v) is 4.33. The number of nitrogens with zero attached hydrogens (tertiary/aromatic N) is 2. The van der Waals surface area contributed by atoms with Crippen molar-refractivity contribution in [1.29, 1.82) is 0 Å². The molecule has 1 heterocycles. The maximum atomic E-state index is 12.5. The van der Waals surface area contributed by atoms with Crippen molar-refractivity contribution in [1.82, 2.24) is 9.78 Å². The Kier molecular flexibility index (Phi) is 4.70. The molecule has 1 saturated carbocycles. The monoisotopic (exact) mass is 356 g/mol. The third-order valence-electron chi connectivity index (χ3n) is 3.73. The van der Waals surface area contributed by atoms with Gasteiger partial charge in [0.25, 0.3) is 5.56 Å². The number of aromatic nitrogens is 2. The Balaban J connectivity index is 2.23. The Morgan fingerprint density at radius 2 is 2.24 bits per heavy atom. The van der Waals surface area contributed by atoms with Crippen LogP contribution < -0.4 is 16.6 Å². The Morgan fingerprint density at radius 1 is 1.57 bits per heavy atom. The fourth-order valence-corrected chi connectivity index (χ4v) is 2.81. The van der Waals surface area contributed by atoms with Crippen molar-refractivity contribution in [3.8, 4) is 0 Å². The van der Waals surface area contributed by atoms with Gasteiger partial charge >= 0.3 is 0 Å². The van der Waals surface area contributed by atoms with E-state index in [2.05, 4.69) is 26.3 Å². The van der Waals surface area contributed by atoms with Gasteiger partial charge in [-0.3, -0.25) is 9.59 Å². The first-order valence-electron chi connectivity index (χ1n) is 7.10. The van der Waals surface area contributed by atoms with Gasteiger partial charge in [-0.05, 0) is 48.5 Å². The highest BCUT2D eigenvalue weighted by Gasteiger charge is 2.25. The first kappa shape index (κ1) is 16.0. The molecule has 0 bridgehead atoms. The van der Waals surface area contributed by atoms with Gasteiger partial charge in [0.15, 0.2) is 0 Å². The number of hydrogen-bond donors (Lipinski definition) is 2. The summed E-state index contributed by atoms with van der Waals surface area (Å²) in [6, 6.07) is 0. The number of halogens is 1. The number of rotatable bonds is 6. The predicted molar refractivity (Wildman–Crippen MR) is 85.1 cm³/mol. The smallest absolute Gasteiger partial charge is 0.291 e. The van der Waals surface area contributed by atoms with Gasteiger partial charge < -0.3 is 11.1 Å². The molecule has 0 spiro atoms. The van der Waals surface area contributed by atoms with E-state index >= 15 is 0 Å². The fraction of sp³-hybridized carbons (Fsp3) is 0.643. The number of amides is 1. The van der Waals surface area contributed by atoms with E-state index in [9.17, 15) is 9.59 Å². The van der Waals surface area contributed by atoms with Gasteiger partial charge in [0.2, 0.25) is 5.91 Å². The predicted octanol–water partition coefficient (Wildman–Crippen LogP) is 1.87. The zero-order chi connectivity index (χ0) is 15.6. The zero-order valence-corrected chi connectivity index (χ0v) is 13.9. The van der Waals surface area contributed by atoms with Crippen LogP contribution in [0.25, 0.3) is 0 Å². The van der Waals surface area contributed by atoms with Crippen LogP contribution in [0.4, 0.5) is 5.69 Å². The molecule has 1 aliphatic carbocycles. The molecule has 6 nitrogen and oxygen atoms in total. The van der Waals surface area contributed by atoms with Crippen LogP contribution in [0.1, 0.15) is 39.5 Å². The van der Waals surface area contributed by atoms with Crippen LogP contribution in [0.15, 0.2) is 15.5 Å². The number of hydrogen-bond acceptors (Lipinski definition) is 4. The van der Waals surface area contributed by atoms with Crippen molar-refractivity contribution in [2.24, 2.45) is 11.7 Å². The number of anilines is 1. The molecule has 1 aliphatic rings. The summed E-state index contributed by atoms with van der Waals surface area (Å²) in [7, 11) is 0. The summed E-state index contributed by atoms with van der Waals surface area (Å²) in [4.78, 5) is 23.6. The second-order valence-electron chi connectivity index (χ2n) is 6.30. The van der Waals surface area contributed by atoms with Crippen molar-refractivity contribution in [3.05, 3.63) is 21.0 Å². The first-order valence-corrected chi connectivity index (χ1v) is 7.90. The minimum absolute atomic E-state index is 0.143. The summed E-state index contributed by atoms with van der Waals surface area (Å²) in [6.45, 7) is 4.32. The first-order chi connectivity index (χ1) is 9.78. The van der Waals surface area contributed by atoms with Gasteiger partial charge in [-0.25, -0.2) is 4.68 Å². The summed E-state index contributed by atoms with van der Waals surface area (Å²) in [5.41, 5.74) is 4.90. The third kappa shape index (κ3) is 4.06. The summed E-state index contributed by atoms with van der Waals surface area (Å²) < 4.78 is 2.09. The zero-order valence-electron chi connectivity index (χ0n) is 12.4. The van der Waals surface area contributed by atoms with Gasteiger partial charge in [0.1, 0.15) is 5.69 Å². The molecule has 1 aromatic heterocycles. The Morgan fingerprint density at radius 3 is 2.76 bits per heavy atom. The number of nitrogens with two attached hydrogens (primary N) is 1. The molecule has 0 unspecified atom stereocenters. The van der Waals surface area contributed by atoms with Crippen LogP contribution in [0.2, 0.25) is 0 Å². The van der Waals surface area contributed by atoms with Crippen LogP contribution >= 0.6 is 15.9 Å². The minimum Gasteiger partial charge on any atom is -0.374 e. The van der Waals surface area contributed by atoms with Gasteiger partial charge in [-0.1, -0.05) is 6.42 Å². The lowest BCUT2D eigenvalue weighted by atomic mass is 9.85. The second kappa shape index (κ2) is 6.17. The van der Waals surface area contributed by atoms with Crippen molar-refractivity contribution >= 4 is 27.5 Å². The molecule has 1 amide bonds. The number of nitrogens with one attached hydrogen (secondary N) is 1. The fourth-order valence-electron chi connectivity index (χ4n) is 2.45. The van der Waals surface area contributed by atoms with Gasteiger partial charge in [0, 0.05) is 18.5 Å². The average molecular weight is 357 g/mol. The SMILES string of the molecule is CC(C)(CC(N)=O)Nc1c(Br)cnn(CC2CCC2)c1=O. The van der Waals surface area contributed by atoms with E-state index in [0.29, 0.717) is 22.6 Å². The molecule has 0 saturated heterocycles. The van der Waals surface area contributed by atoms with Crippen LogP contribution in [0.5, 0.6) is 0 Å². The van der Waals surface area contributed by atoms with Crippen molar-refractivity contribution in [2.75, 3.05) is 5.32 Å². The number of carbonyl (C=O) groups is 1. The molecule has 0 radical (unpaired) electrons. The van der Waals surface area contributed by atoms with Gasteiger partial charge in [0.05, 0.1) is 10.7 Å². The number of primary amides is 1. The van der Waals surface area contributed by atoms with Crippen molar-refractivity contribution in [3.63, 3.8) is 0 Å². The molecule has 21 heavy (non-hydrogen) atoms. The van der Waals surface area contributed by atoms with Gasteiger partial charge in [-0.15, -0.1) is 0 Å². The lowest BCUT2D eigenvalue weighted by Crippen LogP contribution is -2.40. The van der Waals surface area contributed by atoms with E-state index in [4.69, 9.17) is 5.73 Å². The molecule has 0 atom stereocenters. The minimum atomic E-state index is -0.594. The van der Waals surface area contributed by atoms with E-state index in [0.717, 1.165) is 12.8 Å². The average Bonchev–Trinajstić information content (AvgIpc) is 2.29. The van der Waals surface area contributed by atoms with Gasteiger partial charge in [-0.2, -0.15) is 5.10 Å². The summed E-state index contributed by atoms with van der Waals surface area (Å²) in [5.74, 6) is 0.135. The van der Waals surface area contributed by atoms with Crippen LogP contribution in [0.3, 0.4) is 0 Å². The molecule has 1 aromatic rings. The maximum absolute atomic E-state index is 12.5. The standard InChI is InChI=1S/C14H21BrN4O2/c1-14(2,6-11(16)20)18-12-10(15)7-17-19(13(12)21)8-9-4-3-5-9/h7,9,18H,3-6,8H2,1-2H3,(H2,16,20). The topological polar surface area (TPSA) is 90.0 Å². The van der Waals surface area contributed by atoms with E-state index in [1.165, 1.54) is 11.1 Å². The summed E-state index contributed by atoms with van der Waals surface area (Å²) in [5, 5.41) is 7.29. The van der Waals surface area contributed by atoms with Crippen molar-refractivity contribution in [2.45, 2.75) is 51.6 Å². The Bertz CT molecular complexity index is 593. The van der Waals surface area contributed by atoms with E-state index in [1.807, 2.05) is 13.8 Å². The lowest BCUT2D eigenvalue weighted by Gasteiger charge is -2.28. The lowest BCUT2D eigenvalue weighted by molar-refractivity contribution is -0.118. The second-order valence-corrected chi connectivity index (χ2v) is 7.16. The highest BCUT2D eigenvalue weighted by Crippen LogP contribution is 2.28. The molecule has 2 rings (SSSR count). The maximum Gasteiger partial charge on any atom is 0.291 e. The number of carbonyl (C=O) groups excluding carboxylic acids is 1. The summed E-state index contributed by atoms with van der Waals surface area (Å²) in [6.07, 6.45) is 5.29.